The standard InChI is InChI=1S/C27H36ClN3O4S/c1-29-17-15-23(16-18-29)30(2)27(32)35-20-25-10-6-9-24(19-21-7-4-3-5-8-21)31(25)36(33,34)26-13-11-22(28)12-14-26/h3-5,7-8,11-14,23-25H,6,9-10,15-20H2,1-2H3/t24-,25+/m0/s1. The van der Waals surface area contributed by atoms with E-state index in [2.05, 4.69) is 11.9 Å². The first-order chi connectivity index (χ1) is 17.3. The van der Waals surface area contributed by atoms with Gasteiger partial charge in [0.15, 0.2) is 0 Å². The molecule has 0 unspecified atom stereocenters. The van der Waals surface area contributed by atoms with Crippen molar-refractivity contribution in [2.45, 2.75) is 61.5 Å². The van der Waals surface area contributed by atoms with Gasteiger partial charge in [0.25, 0.3) is 0 Å². The molecule has 36 heavy (non-hydrogen) atoms. The molecule has 2 atom stereocenters. The van der Waals surface area contributed by atoms with Gasteiger partial charge in [0.2, 0.25) is 10.0 Å². The number of amides is 1. The highest BCUT2D eigenvalue weighted by Gasteiger charge is 2.40. The van der Waals surface area contributed by atoms with E-state index in [1.807, 2.05) is 30.3 Å². The first-order valence-corrected chi connectivity index (χ1v) is 14.5. The number of rotatable bonds is 7. The monoisotopic (exact) mass is 533 g/mol. The highest BCUT2D eigenvalue weighted by atomic mass is 35.5. The van der Waals surface area contributed by atoms with Crippen molar-refractivity contribution in [3.05, 3.63) is 65.2 Å². The van der Waals surface area contributed by atoms with Gasteiger partial charge in [-0.25, -0.2) is 13.2 Å². The van der Waals surface area contributed by atoms with Gasteiger partial charge in [-0.3, -0.25) is 0 Å². The van der Waals surface area contributed by atoms with Crippen molar-refractivity contribution in [3.8, 4) is 0 Å². The van der Waals surface area contributed by atoms with Crippen LogP contribution in [0.15, 0.2) is 59.5 Å². The molecule has 0 spiro atoms. The third-order valence-corrected chi connectivity index (χ3v) is 9.69. The molecular formula is C27H36ClN3O4S. The van der Waals surface area contributed by atoms with E-state index < -0.39 is 22.2 Å². The molecule has 2 aromatic rings. The number of halogens is 1. The van der Waals surface area contributed by atoms with Gasteiger partial charge in [0, 0.05) is 24.2 Å². The van der Waals surface area contributed by atoms with Gasteiger partial charge in [-0.2, -0.15) is 4.31 Å². The topological polar surface area (TPSA) is 70.2 Å². The van der Waals surface area contributed by atoms with Crippen LogP contribution in [-0.2, 0) is 21.2 Å². The van der Waals surface area contributed by atoms with Crippen LogP contribution in [0.25, 0.3) is 0 Å². The fourth-order valence-corrected chi connectivity index (χ4v) is 7.28. The summed E-state index contributed by atoms with van der Waals surface area (Å²) in [5.74, 6) is 0. The Kier molecular flexibility index (Phi) is 8.93. The van der Waals surface area contributed by atoms with Crippen molar-refractivity contribution in [1.82, 2.24) is 14.1 Å². The van der Waals surface area contributed by atoms with Gasteiger partial charge in [0.05, 0.1) is 10.9 Å². The van der Waals surface area contributed by atoms with E-state index in [0.29, 0.717) is 17.9 Å². The Hall–Kier alpha value is -2.13. The number of nitrogens with zero attached hydrogens (tertiary/aromatic N) is 3. The molecule has 1 amide bonds. The minimum atomic E-state index is -3.83. The Morgan fingerprint density at radius 2 is 1.64 bits per heavy atom. The smallest absolute Gasteiger partial charge is 0.409 e. The van der Waals surface area contributed by atoms with Crippen LogP contribution in [0.4, 0.5) is 4.79 Å². The maximum Gasteiger partial charge on any atom is 0.409 e. The lowest BCUT2D eigenvalue weighted by atomic mass is 9.94. The Balaban J connectivity index is 1.53. The van der Waals surface area contributed by atoms with Crippen molar-refractivity contribution < 1.29 is 17.9 Å². The van der Waals surface area contributed by atoms with Crippen LogP contribution in [0.1, 0.15) is 37.7 Å². The summed E-state index contributed by atoms with van der Waals surface area (Å²) in [5, 5.41) is 0.482. The van der Waals surface area contributed by atoms with Crippen molar-refractivity contribution in [1.29, 1.82) is 0 Å². The predicted octanol–water partition coefficient (Wildman–Crippen LogP) is 4.66. The van der Waals surface area contributed by atoms with Gasteiger partial charge in [-0.05, 0) is 82.1 Å². The molecule has 0 bridgehead atoms. The fraction of sp³-hybridized carbons (Fsp3) is 0.519. The highest BCUT2D eigenvalue weighted by Crippen LogP contribution is 2.32. The number of hydrogen-bond donors (Lipinski definition) is 0. The molecule has 196 valence electrons. The second kappa shape index (κ2) is 11.9. The van der Waals surface area contributed by atoms with E-state index in [0.717, 1.165) is 44.3 Å². The third kappa shape index (κ3) is 6.40. The van der Waals surface area contributed by atoms with Crippen molar-refractivity contribution in [2.75, 3.05) is 33.8 Å². The summed E-state index contributed by atoms with van der Waals surface area (Å²) in [5.41, 5.74) is 1.08. The second-order valence-electron chi connectivity index (χ2n) is 9.94. The average Bonchev–Trinajstić information content (AvgIpc) is 2.88. The summed E-state index contributed by atoms with van der Waals surface area (Å²) in [6.45, 7) is 1.92. The molecule has 0 saturated carbocycles. The number of benzene rings is 2. The molecule has 2 aromatic carbocycles. The highest BCUT2D eigenvalue weighted by molar-refractivity contribution is 7.89. The Morgan fingerprint density at radius 1 is 1.00 bits per heavy atom. The Bertz CT molecular complexity index is 1110. The van der Waals surface area contributed by atoms with Crippen LogP contribution in [0.3, 0.4) is 0 Å². The van der Waals surface area contributed by atoms with E-state index in [-0.39, 0.29) is 23.6 Å². The molecule has 2 aliphatic heterocycles. The number of likely N-dealkylation sites (tertiary alicyclic amines) is 1. The molecule has 2 fully saturated rings. The van der Waals surface area contributed by atoms with Crippen molar-refractivity contribution >= 4 is 27.7 Å². The number of ether oxygens (including phenoxy) is 1. The van der Waals surface area contributed by atoms with Crippen LogP contribution in [-0.4, -0.2) is 80.5 Å². The average molecular weight is 534 g/mol. The third-order valence-electron chi connectivity index (χ3n) is 7.42. The molecule has 2 heterocycles. The molecule has 2 aliphatic rings. The molecule has 0 radical (unpaired) electrons. The molecule has 4 rings (SSSR count). The molecule has 0 aromatic heterocycles. The van der Waals surface area contributed by atoms with Gasteiger partial charge in [-0.15, -0.1) is 0 Å². The van der Waals surface area contributed by atoms with Gasteiger partial charge in [0.1, 0.15) is 6.61 Å². The maximum absolute atomic E-state index is 13.9. The minimum Gasteiger partial charge on any atom is -0.448 e. The van der Waals surface area contributed by atoms with E-state index >= 15 is 0 Å². The second-order valence-corrected chi connectivity index (χ2v) is 12.2. The molecular weight excluding hydrogens is 498 g/mol. The molecule has 0 aliphatic carbocycles. The van der Waals surface area contributed by atoms with Crippen LogP contribution < -0.4 is 0 Å². The number of sulfonamides is 1. The van der Waals surface area contributed by atoms with E-state index in [1.54, 1.807) is 40.5 Å². The fourth-order valence-electron chi connectivity index (χ4n) is 5.30. The van der Waals surface area contributed by atoms with Crippen LogP contribution >= 0.6 is 11.6 Å². The maximum atomic E-state index is 13.9. The summed E-state index contributed by atoms with van der Waals surface area (Å²) in [6.07, 6.45) is 4.29. The molecule has 9 heteroatoms. The quantitative estimate of drug-likeness (QED) is 0.518. The largest absolute Gasteiger partial charge is 0.448 e. The SMILES string of the molecule is CN1CCC(N(C)C(=O)OC[C@H]2CCC[C@@H](Cc3ccccc3)N2S(=O)(=O)c2ccc(Cl)cc2)CC1. The normalized spacial score (nSPS) is 22.3. The summed E-state index contributed by atoms with van der Waals surface area (Å²) in [4.78, 5) is 17.0. The van der Waals surface area contributed by atoms with E-state index in [4.69, 9.17) is 16.3 Å². The lowest BCUT2D eigenvalue weighted by Crippen LogP contribution is -2.53. The first-order valence-electron chi connectivity index (χ1n) is 12.7. The number of carbonyl (C=O) groups excluding carboxylic acids is 1. The van der Waals surface area contributed by atoms with Gasteiger partial charge < -0.3 is 14.5 Å². The lowest BCUT2D eigenvalue weighted by Gasteiger charge is -2.41. The van der Waals surface area contributed by atoms with Gasteiger partial charge >= 0.3 is 6.09 Å². The number of carbonyl (C=O) groups is 1. The summed E-state index contributed by atoms with van der Waals surface area (Å²) in [6, 6.07) is 15.7. The van der Waals surface area contributed by atoms with Crippen molar-refractivity contribution in [3.63, 3.8) is 0 Å². The lowest BCUT2D eigenvalue weighted by molar-refractivity contribution is 0.0513. The number of hydrogen-bond acceptors (Lipinski definition) is 5. The Labute approximate surface area is 220 Å². The van der Waals surface area contributed by atoms with Crippen molar-refractivity contribution in [2.24, 2.45) is 0 Å². The van der Waals surface area contributed by atoms with Crippen LogP contribution in [0.5, 0.6) is 0 Å². The zero-order valence-electron chi connectivity index (χ0n) is 21.1. The number of piperidine rings is 2. The zero-order valence-corrected chi connectivity index (χ0v) is 22.6. The molecule has 7 nitrogen and oxygen atoms in total. The molecule has 2 saturated heterocycles. The van der Waals surface area contributed by atoms with E-state index in [9.17, 15) is 13.2 Å². The summed E-state index contributed by atoms with van der Waals surface area (Å²) < 4.78 is 35.1. The van der Waals surface area contributed by atoms with Crippen LogP contribution in [0.2, 0.25) is 5.02 Å². The summed E-state index contributed by atoms with van der Waals surface area (Å²) >= 11 is 6.03. The Morgan fingerprint density at radius 3 is 2.31 bits per heavy atom. The zero-order chi connectivity index (χ0) is 25.7. The van der Waals surface area contributed by atoms with Gasteiger partial charge in [-0.1, -0.05) is 48.4 Å². The van der Waals surface area contributed by atoms with E-state index in [1.165, 1.54) is 0 Å². The first kappa shape index (κ1) is 26.9. The predicted molar refractivity (Wildman–Crippen MR) is 142 cm³/mol. The summed E-state index contributed by atoms with van der Waals surface area (Å²) in [7, 11) is 0.0322. The van der Waals surface area contributed by atoms with Crippen LogP contribution in [0, 0.1) is 0 Å². The minimum absolute atomic E-state index is 0.0356. The molecule has 0 N–H and O–H groups in total.